The molecule has 0 amide bonds. The van der Waals surface area contributed by atoms with Gasteiger partial charge in [0.2, 0.25) is 5.78 Å². The highest BCUT2D eigenvalue weighted by Gasteiger charge is 2.37. The molecule has 24 heavy (non-hydrogen) atoms. The zero-order valence-corrected chi connectivity index (χ0v) is 13.9. The van der Waals surface area contributed by atoms with E-state index in [-0.39, 0.29) is 11.5 Å². The third-order valence-electron chi connectivity index (χ3n) is 5.11. The summed E-state index contributed by atoms with van der Waals surface area (Å²) in [6, 6.07) is 14.7. The first kappa shape index (κ1) is 16.3. The molecule has 1 heterocycles. The van der Waals surface area contributed by atoms with E-state index in [9.17, 15) is 14.9 Å². The molecule has 124 valence electrons. The summed E-state index contributed by atoms with van der Waals surface area (Å²) in [5.74, 6) is -0.0487. The summed E-state index contributed by atoms with van der Waals surface area (Å²) in [7, 11) is 2.09. The molecule has 2 atom stereocenters. The average molecular weight is 325 g/mol. The molecule has 5 nitrogen and oxygen atoms in total. The molecule has 0 aliphatic carbocycles. The highest BCUT2D eigenvalue weighted by molar-refractivity contribution is 5.97. The quantitative estimate of drug-likeness (QED) is 0.375. The van der Waals surface area contributed by atoms with Gasteiger partial charge in [0.25, 0.3) is 5.69 Å². The van der Waals surface area contributed by atoms with Gasteiger partial charge in [0.05, 0.1) is 18.0 Å². The highest BCUT2D eigenvalue weighted by Crippen LogP contribution is 2.29. The number of likely N-dealkylation sites (N-methyl/N-ethyl adjacent to an activating group) is 1. The summed E-state index contributed by atoms with van der Waals surface area (Å²) < 4.78 is 0.624. The monoisotopic (exact) mass is 325 g/mol. The molecule has 2 aromatic rings. The number of rotatable bonds is 4. The molecule has 0 radical (unpaired) electrons. The van der Waals surface area contributed by atoms with Crippen LogP contribution < -0.4 is 0 Å². The van der Waals surface area contributed by atoms with E-state index in [1.54, 1.807) is 12.1 Å². The van der Waals surface area contributed by atoms with Gasteiger partial charge in [-0.25, -0.2) is 0 Å². The number of carbonyl (C=O) groups is 1. The first-order valence-electron chi connectivity index (χ1n) is 8.08. The number of Topliss-reactive ketones (excluding diaryl/α,β-unsaturated/α-hetero) is 1. The molecule has 0 saturated carbocycles. The first-order chi connectivity index (χ1) is 11.4. The van der Waals surface area contributed by atoms with Gasteiger partial charge in [-0.05, 0) is 12.5 Å². The molecule has 2 aromatic carbocycles. The van der Waals surface area contributed by atoms with E-state index in [1.807, 2.05) is 6.07 Å². The number of nitro benzene ring substituents is 1. The third kappa shape index (κ3) is 3.08. The molecule has 0 saturated heterocycles. The maximum atomic E-state index is 12.7. The number of quaternary nitrogens is 1. The van der Waals surface area contributed by atoms with E-state index < -0.39 is 4.92 Å². The largest absolute Gasteiger partial charge is 0.313 e. The number of nitro groups is 1. The molecule has 1 aliphatic heterocycles. The lowest BCUT2D eigenvalue weighted by Crippen LogP contribution is -2.56. The first-order valence-corrected chi connectivity index (χ1v) is 8.08. The molecule has 0 aromatic heterocycles. The second kappa shape index (κ2) is 6.17. The summed E-state index contributed by atoms with van der Waals surface area (Å²) in [5, 5.41) is 10.9. The summed E-state index contributed by atoms with van der Waals surface area (Å²) >= 11 is 0. The van der Waals surface area contributed by atoms with Crippen LogP contribution >= 0.6 is 0 Å². The highest BCUT2D eigenvalue weighted by atomic mass is 16.6. The van der Waals surface area contributed by atoms with Crippen molar-refractivity contribution in [2.24, 2.45) is 0 Å². The molecular formula is C19H21N2O3+. The second-order valence-electron chi connectivity index (χ2n) is 6.85. The van der Waals surface area contributed by atoms with Gasteiger partial charge in [0, 0.05) is 29.7 Å². The predicted octanol–water partition coefficient (Wildman–Crippen LogP) is 3.37. The van der Waals surface area contributed by atoms with Crippen LogP contribution in [0.4, 0.5) is 5.69 Å². The Balaban J connectivity index is 1.83. The second-order valence-corrected chi connectivity index (χ2v) is 6.85. The number of hydrogen-bond donors (Lipinski definition) is 0. The number of fused-ring (bicyclic) bond motifs is 1. The number of non-ortho nitro benzene ring substituents is 1. The zero-order valence-electron chi connectivity index (χ0n) is 13.9. The summed E-state index contributed by atoms with van der Waals surface area (Å²) in [6.45, 7) is 3.31. The zero-order chi connectivity index (χ0) is 17.3. The molecule has 3 rings (SSSR count). The summed E-state index contributed by atoms with van der Waals surface area (Å²) in [5.41, 5.74) is 3.00. The van der Waals surface area contributed by atoms with Gasteiger partial charge in [0.15, 0.2) is 0 Å². The van der Waals surface area contributed by atoms with Gasteiger partial charge in [0.1, 0.15) is 13.1 Å². The summed E-state index contributed by atoms with van der Waals surface area (Å²) in [6.07, 6.45) is 0.939. The number of carbonyl (C=O) groups excluding carboxylic acids is 1. The molecule has 1 aliphatic rings. The Morgan fingerprint density at radius 2 is 1.92 bits per heavy atom. The van der Waals surface area contributed by atoms with Crippen molar-refractivity contribution in [3.05, 3.63) is 75.3 Å². The van der Waals surface area contributed by atoms with Crippen LogP contribution in [0.5, 0.6) is 0 Å². The standard InChI is InChI=1S/C19H21N2O3/c1-14-10-15-6-3-4-7-17(15)12-21(14,2)13-19(22)16-8-5-9-18(11-16)20(23)24/h3-9,11,14H,10,12-13H2,1-2H3/q+1/t14-,21+/m1/s1. The maximum absolute atomic E-state index is 12.7. The Labute approximate surface area is 141 Å². The van der Waals surface area contributed by atoms with E-state index in [0.29, 0.717) is 22.6 Å². The minimum atomic E-state index is -0.465. The molecule has 5 heteroatoms. The lowest BCUT2D eigenvalue weighted by atomic mass is 9.92. The third-order valence-corrected chi connectivity index (χ3v) is 5.11. The van der Waals surface area contributed by atoms with E-state index in [0.717, 1.165) is 13.0 Å². The summed E-state index contributed by atoms with van der Waals surface area (Å²) in [4.78, 5) is 23.2. The molecule has 0 N–H and O–H groups in total. The minimum Gasteiger partial charge on any atom is -0.313 e. The SMILES string of the molecule is C[C@@H]1Cc2ccccc2C[N@@+]1(C)CC(=O)c1cccc([N+](=O)[O-])c1. The number of benzene rings is 2. The lowest BCUT2D eigenvalue weighted by Gasteiger charge is -2.43. The van der Waals surface area contributed by atoms with Crippen LogP contribution in [-0.2, 0) is 13.0 Å². The molecule has 0 fully saturated rings. The Kier molecular flexibility index (Phi) is 4.20. The molecule has 0 unspecified atom stereocenters. The van der Waals surface area contributed by atoms with Crippen LogP contribution in [0.1, 0.15) is 28.4 Å². The number of ketones is 1. The van der Waals surface area contributed by atoms with Crippen LogP contribution in [0.15, 0.2) is 48.5 Å². The van der Waals surface area contributed by atoms with Crippen molar-refractivity contribution in [1.82, 2.24) is 0 Å². The lowest BCUT2D eigenvalue weighted by molar-refractivity contribution is -0.938. The Morgan fingerprint density at radius 3 is 2.62 bits per heavy atom. The van der Waals surface area contributed by atoms with Gasteiger partial charge < -0.3 is 4.48 Å². The van der Waals surface area contributed by atoms with Gasteiger partial charge in [-0.3, -0.25) is 14.9 Å². The molecule has 0 spiro atoms. The van der Waals surface area contributed by atoms with Gasteiger partial charge in [-0.1, -0.05) is 36.4 Å². The fourth-order valence-corrected chi connectivity index (χ4v) is 3.42. The minimum absolute atomic E-state index is 0.0412. The van der Waals surface area contributed by atoms with E-state index in [2.05, 4.69) is 32.2 Å². The van der Waals surface area contributed by atoms with Gasteiger partial charge in [-0.2, -0.15) is 0 Å². The predicted molar refractivity (Wildman–Crippen MR) is 91.8 cm³/mol. The topological polar surface area (TPSA) is 60.2 Å². The van der Waals surface area contributed by atoms with Crippen molar-refractivity contribution in [2.75, 3.05) is 13.6 Å². The fourth-order valence-electron chi connectivity index (χ4n) is 3.42. The van der Waals surface area contributed by atoms with Crippen LogP contribution in [0.25, 0.3) is 0 Å². The Morgan fingerprint density at radius 1 is 1.21 bits per heavy atom. The Bertz CT molecular complexity index is 803. The van der Waals surface area contributed by atoms with Crippen molar-refractivity contribution >= 4 is 11.5 Å². The number of nitrogens with zero attached hydrogens (tertiary/aromatic N) is 2. The van der Waals surface area contributed by atoms with Crippen molar-refractivity contribution in [3.63, 3.8) is 0 Å². The van der Waals surface area contributed by atoms with Crippen LogP contribution in [0.2, 0.25) is 0 Å². The van der Waals surface area contributed by atoms with Crippen LogP contribution in [0.3, 0.4) is 0 Å². The van der Waals surface area contributed by atoms with E-state index in [4.69, 9.17) is 0 Å². The van der Waals surface area contributed by atoms with Crippen molar-refractivity contribution in [2.45, 2.75) is 25.9 Å². The van der Waals surface area contributed by atoms with Gasteiger partial charge in [-0.15, -0.1) is 0 Å². The van der Waals surface area contributed by atoms with E-state index >= 15 is 0 Å². The van der Waals surface area contributed by atoms with E-state index in [1.165, 1.54) is 23.3 Å². The van der Waals surface area contributed by atoms with Crippen LogP contribution in [0, 0.1) is 10.1 Å². The van der Waals surface area contributed by atoms with Gasteiger partial charge >= 0.3 is 0 Å². The van der Waals surface area contributed by atoms with Crippen molar-refractivity contribution < 1.29 is 14.2 Å². The normalized spacial score (nSPS) is 22.7. The average Bonchev–Trinajstić information content (AvgIpc) is 2.56. The van der Waals surface area contributed by atoms with Crippen molar-refractivity contribution in [1.29, 1.82) is 0 Å². The molecule has 0 bridgehead atoms. The Hall–Kier alpha value is -2.53. The smallest absolute Gasteiger partial charge is 0.270 e. The maximum Gasteiger partial charge on any atom is 0.270 e. The van der Waals surface area contributed by atoms with Crippen molar-refractivity contribution in [3.8, 4) is 0 Å². The fraction of sp³-hybridized carbons (Fsp3) is 0.316. The van der Waals surface area contributed by atoms with Crippen LogP contribution in [-0.4, -0.2) is 34.8 Å². The number of hydrogen-bond acceptors (Lipinski definition) is 3. The molecular weight excluding hydrogens is 304 g/mol.